The van der Waals surface area contributed by atoms with E-state index in [0.29, 0.717) is 5.92 Å². The first-order valence-corrected chi connectivity index (χ1v) is 7.04. The van der Waals surface area contributed by atoms with Gasteiger partial charge in [0.25, 0.3) is 5.69 Å². The van der Waals surface area contributed by atoms with Crippen molar-refractivity contribution in [2.75, 3.05) is 0 Å². The van der Waals surface area contributed by atoms with Crippen molar-refractivity contribution in [1.29, 1.82) is 0 Å². The second-order valence-electron chi connectivity index (χ2n) is 5.33. The summed E-state index contributed by atoms with van der Waals surface area (Å²) in [6.45, 7) is 4.02. The van der Waals surface area contributed by atoms with Gasteiger partial charge in [-0.1, -0.05) is 26.0 Å². The van der Waals surface area contributed by atoms with Gasteiger partial charge in [-0.25, -0.2) is 4.79 Å². The van der Waals surface area contributed by atoms with Crippen LogP contribution in [0.5, 0.6) is 5.75 Å². The third-order valence-electron chi connectivity index (χ3n) is 3.37. The van der Waals surface area contributed by atoms with Crippen LogP contribution in [0.3, 0.4) is 0 Å². The van der Waals surface area contributed by atoms with E-state index in [-0.39, 0.29) is 11.3 Å². The third-order valence-corrected chi connectivity index (χ3v) is 3.37. The largest absolute Gasteiger partial charge is 0.416 e. The molecule has 8 nitrogen and oxygen atoms in total. The Labute approximate surface area is 137 Å². The Morgan fingerprint density at radius 1 is 1.00 bits per heavy atom. The van der Waals surface area contributed by atoms with Gasteiger partial charge in [-0.15, -0.1) is 0 Å². The standard InChI is InChI=1S/C16H14N2O6/c1-10(2)11-3-5-12(6-4-11)16(19)24-15-8-7-13(17(20)21)9-14(15)18(22)23/h3-10H,1-2H3. The minimum atomic E-state index is -0.836. The van der Waals surface area contributed by atoms with Crippen molar-refractivity contribution in [2.24, 2.45) is 0 Å². The molecule has 0 N–H and O–H groups in total. The summed E-state index contributed by atoms with van der Waals surface area (Å²) in [6, 6.07) is 9.50. The third kappa shape index (κ3) is 3.72. The number of ether oxygens (including phenoxy) is 1. The van der Waals surface area contributed by atoms with Gasteiger partial charge in [0.1, 0.15) is 0 Å². The van der Waals surface area contributed by atoms with Crippen LogP contribution in [0.2, 0.25) is 0 Å². The molecule has 2 rings (SSSR count). The predicted molar refractivity (Wildman–Crippen MR) is 85.2 cm³/mol. The van der Waals surface area contributed by atoms with Gasteiger partial charge in [0.05, 0.1) is 21.5 Å². The van der Waals surface area contributed by atoms with E-state index in [4.69, 9.17) is 4.74 Å². The molecule has 0 amide bonds. The molecule has 8 heteroatoms. The van der Waals surface area contributed by atoms with Gasteiger partial charge in [-0.05, 0) is 29.7 Å². The number of esters is 1. The second kappa shape index (κ2) is 6.86. The lowest BCUT2D eigenvalue weighted by Gasteiger charge is -2.07. The molecule has 124 valence electrons. The Hall–Kier alpha value is -3.29. The highest BCUT2D eigenvalue weighted by Crippen LogP contribution is 2.31. The molecule has 0 spiro atoms. The average molecular weight is 330 g/mol. The summed E-state index contributed by atoms with van der Waals surface area (Å²) in [5.41, 5.74) is 0.166. The molecule has 0 aliphatic heterocycles. The highest BCUT2D eigenvalue weighted by atomic mass is 16.6. The van der Waals surface area contributed by atoms with Crippen molar-refractivity contribution in [3.8, 4) is 5.75 Å². The van der Waals surface area contributed by atoms with E-state index in [1.807, 2.05) is 13.8 Å². The molecule has 0 aliphatic carbocycles. The van der Waals surface area contributed by atoms with Gasteiger partial charge in [0.2, 0.25) is 5.75 Å². The molecule has 0 saturated carbocycles. The fourth-order valence-electron chi connectivity index (χ4n) is 2.01. The van der Waals surface area contributed by atoms with Gasteiger partial charge in [0.15, 0.2) is 0 Å². The van der Waals surface area contributed by atoms with Gasteiger partial charge in [-0.3, -0.25) is 20.2 Å². The van der Waals surface area contributed by atoms with Crippen LogP contribution < -0.4 is 4.74 Å². The van der Waals surface area contributed by atoms with Gasteiger partial charge in [-0.2, -0.15) is 0 Å². The van der Waals surface area contributed by atoms with Crippen molar-refractivity contribution in [2.45, 2.75) is 19.8 Å². The van der Waals surface area contributed by atoms with Gasteiger partial charge < -0.3 is 4.74 Å². The Balaban J connectivity index is 2.28. The number of non-ortho nitro benzene ring substituents is 1. The van der Waals surface area contributed by atoms with Crippen molar-refractivity contribution >= 4 is 17.3 Å². The molecule has 0 radical (unpaired) electrons. The van der Waals surface area contributed by atoms with Crippen LogP contribution in [0.1, 0.15) is 35.7 Å². The van der Waals surface area contributed by atoms with Crippen LogP contribution in [0, 0.1) is 20.2 Å². The van der Waals surface area contributed by atoms with Crippen LogP contribution >= 0.6 is 0 Å². The van der Waals surface area contributed by atoms with Crippen molar-refractivity contribution in [3.05, 3.63) is 73.8 Å². The number of carbonyl (C=O) groups is 1. The fourth-order valence-corrected chi connectivity index (χ4v) is 2.01. The van der Waals surface area contributed by atoms with Gasteiger partial charge >= 0.3 is 11.7 Å². The van der Waals surface area contributed by atoms with Crippen molar-refractivity contribution in [3.63, 3.8) is 0 Å². The van der Waals surface area contributed by atoms with Crippen molar-refractivity contribution < 1.29 is 19.4 Å². The normalized spacial score (nSPS) is 10.5. The number of carbonyl (C=O) groups excluding carboxylic acids is 1. The average Bonchev–Trinajstić information content (AvgIpc) is 2.54. The molecule has 0 saturated heterocycles. The Kier molecular flexibility index (Phi) is 4.88. The number of hydrogen-bond donors (Lipinski definition) is 0. The minimum Gasteiger partial charge on any atom is -0.416 e. The molecular weight excluding hydrogens is 316 g/mol. The maximum atomic E-state index is 12.1. The quantitative estimate of drug-likeness (QED) is 0.356. The van der Waals surface area contributed by atoms with Crippen LogP contribution in [0.25, 0.3) is 0 Å². The molecule has 2 aromatic carbocycles. The predicted octanol–water partition coefficient (Wildman–Crippen LogP) is 3.85. The number of nitrogens with zero attached hydrogens (tertiary/aromatic N) is 2. The molecule has 0 atom stereocenters. The summed E-state index contributed by atoms with van der Waals surface area (Å²) < 4.78 is 5.02. The van der Waals surface area contributed by atoms with E-state index in [2.05, 4.69) is 0 Å². The van der Waals surface area contributed by atoms with Crippen LogP contribution in [0.15, 0.2) is 42.5 Å². The van der Waals surface area contributed by atoms with E-state index < -0.39 is 27.2 Å². The summed E-state index contributed by atoms with van der Waals surface area (Å²) in [5, 5.41) is 21.7. The Morgan fingerprint density at radius 2 is 1.62 bits per heavy atom. The van der Waals surface area contributed by atoms with E-state index in [0.717, 1.165) is 23.8 Å². The second-order valence-corrected chi connectivity index (χ2v) is 5.33. The highest BCUT2D eigenvalue weighted by molar-refractivity contribution is 5.91. The highest BCUT2D eigenvalue weighted by Gasteiger charge is 2.23. The first-order chi connectivity index (χ1) is 11.3. The molecule has 0 aliphatic rings. The monoisotopic (exact) mass is 330 g/mol. The first kappa shape index (κ1) is 17.1. The van der Waals surface area contributed by atoms with Crippen LogP contribution in [0.4, 0.5) is 11.4 Å². The fraction of sp³-hybridized carbons (Fsp3) is 0.188. The SMILES string of the molecule is CC(C)c1ccc(C(=O)Oc2ccc([N+](=O)[O-])cc2[N+](=O)[O-])cc1. The van der Waals surface area contributed by atoms with E-state index in [1.165, 1.54) is 0 Å². The zero-order valence-corrected chi connectivity index (χ0v) is 13.0. The van der Waals surface area contributed by atoms with E-state index in [9.17, 15) is 25.0 Å². The number of nitro benzene ring substituents is 2. The molecule has 0 aromatic heterocycles. The smallest absolute Gasteiger partial charge is 0.343 e. The molecule has 0 fully saturated rings. The summed E-state index contributed by atoms with van der Waals surface area (Å²) in [6.07, 6.45) is 0. The maximum absolute atomic E-state index is 12.1. The molecule has 0 unspecified atom stereocenters. The number of rotatable bonds is 5. The van der Waals surface area contributed by atoms with Crippen molar-refractivity contribution in [1.82, 2.24) is 0 Å². The summed E-state index contributed by atoms with van der Waals surface area (Å²) in [7, 11) is 0. The molecule has 24 heavy (non-hydrogen) atoms. The van der Waals surface area contributed by atoms with Crippen LogP contribution in [-0.2, 0) is 0 Å². The first-order valence-electron chi connectivity index (χ1n) is 7.04. The maximum Gasteiger partial charge on any atom is 0.343 e. The number of hydrogen-bond acceptors (Lipinski definition) is 6. The van der Waals surface area contributed by atoms with E-state index in [1.54, 1.807) is 24.3 Å². The summed E-state index contributed by atoms with van der Waals surface area (Å²) in [5.74, 6) is -0.823. The summed E-state index contributed by atoms with van der Waals surface area (Å²) >= 11 is 0. The molecule has 2 aromatic rings. The Bertz CT molecular complexity index is 799. The zero-order valence-electron chi connectivity index (χ0n) is 13.0. The zero-order chi connectivity index (χ0) is 17.9. The number of benzene rings is 2. The van der Waals surface area contributed by atoms with Crippen LogP contribution in [-0.4, -0.2) is 15.8 Å². The lowest BCUT2D eigenvalue weighted by molar-refractivity contribution is -0.394. The number of nitro groups is 2. The lowest BCUT2D eigenvalue weighted by atomic mass is 10.0. The molecule has 0 bridgehead atoms. The lowest BCUT2D eigenvalue weighted by Crippen LogP contribution is -2.10. The molecule has 0 heterocycles. The Morgan fingerprint density at radius 3 is 2.12 bits per heavy atom. The van der Waals surface area contributed by atoms with E-state index >= 15 is 0 Å². The molecular formula is C16H14N2O6. The topological polar surface area (TPSA) is 113 Å². The van der Waals surface area contributed by atoms with Gasteiger partial charge in [0, 0.05) is 6.07 Å². The summed E-state index contributed by atoms with van der Waals surface area (Å²) in [4.78, 5) is 32.2. The minimum absolute atomic E-state index is 0.229.